The molecule has 0 bridgehead atoms. The predicted octanol–water partition coefficient (Wildman–Crippen LogP) is 3.54. The third kappa shape index (κ3) is 3.93. The molecule has 90 valence electrons. The number of aromatic nitrogens is 1. The van der Waals surface area contributed by atoms with Crippen molar-refractivity contribution in [1.82, 2.24) is 10.3 Å². The molecular weight excluding hydrogens is 196 g/mol. The number of hydrogen-bond donors (Lipinski definition) is 1. The fraction of sp³-hybridized carbons (Fsp3) is 0.643. The normalized spacial score (nSPS) is 12.8. The number of rotatable bonds is 6. The van der Waals surface area contributed by atoms with Gasteiger partial charge in [0.1, 0.15) is 0 Å². The summed E-state index contributed by atoms with van der Waals surface area (Å²) in [4.78, 5) is 4.42. The van der Waals surface area contributed by atoms with Crippen molar-refractivity contribution in [1.29, 1.82) is 0 Å². The van der Waals surface area contributed by atoms with E-state index in [0.717, 1.165) is 11.4 Å². The van der Waals surface area contributed by atoms with Crippen LogP contribution in [-0.4, -0.2) is 12.0 Å². The second-order valence-corrected chi connectivity index (χ2v) is 4.52. The highest BCUT2D eigenvalue weighted by atomic mass is 14.9. The van der Waals surface area contributed by atoms with E-state index in [4.69, 9.17) is 0 Å². The van der Waals surface area contributed by atoms with Crippen LogP contribution in [0.25, 0.3) is 0 Å². The van der Waals surface area contributed by atoms with Crippen molar-refractivity contribution in [3.63, 3.8) is 0 Å². The predicted molar refractivity (Wildman–Crippen MR) is 69.7 cm³/mol. The van der Waals surface area contributed by atoms with Gasteiger partial charge in [-0.15, -0.1) is 0 Å². The van der Waals surface area contributed by atoms with Crippen molar-refractivity contribution in [2.45, 2.75) is 52.5 Å². The maximum atomic E-state index is 4.42. The summed E-state index contributed by atoms with van der Waals surface area (Å²) in [6.07, 6.45) is 5.11. The Kier molecular flexibility index (Phi) is 5.47. The lowest BCUT2D eigenvalue weighted by molar-refractivity contribution is 0.511. The van der Waals surface area contributed by atoms with Crippen molar-refractivity contribution >= 4 is 0 Å². The molecule has 1 aromatic rings. The molecule has 1 heterocycles. The van der Waals surface area contributed by atoms with Gasteiger partial charge in [0.25, 0.3) is 0 Å². The lowest BCUT2D eigenvalue weighted by Crippen LogP contribution is -2.16. The summed E-state index contributed by atoms with van der Waals surface area (Å²) in [5.41, 5.74) is 3.61. The number of hydrogen-bond acceptors (Lipinski definition) is 2. The van der Waals surface area contributed by atoms with Crippen LogP contribution < -0.4 is 5.32 Å². The molecule has 2 nitrogen and oxygen atoms in total. The molecule has 0 radical (unpaired) electrons. The van der Waals surface area contributed by atoms with Gasteiger partial charge in [0.15, 0.2) is 0 Å². The first-order valence-electron chi connectivity index (χ1n) is 6.29. The van der Waals surface area contributed by atoms with Crippen LogP contribution in [0.4, 0.5) is 0 Å². The molecule has 1 N–H and O–H groups in total. The zero-order valence-corrected chi connectivity index (χ0v) is 11.0. The summed E-state index contributed by atoms with van der Waals surface area (Å²) in [5.74, 6) is 0. The van der Waals surface area contributed by atoms with Crippen LogP contribution in [0, 0.1) is 13.8 Å². The molecule has 16 heavy (non-hydrogen) atoms. The Morgan fingerprint density at radius 3 is 2.31 bits per heavy atom. The highest BCUT2D eigenvalue weighted by Crippen LogP contribution is 2.20. The van der Waals surface area contributed by atoms with Gasteiger partial charge in [-0.2, -0.15) is 0 Å². The van der Waals surface area contributed by atoms with Gasteiger partial charge in [0.05, 0.1) is 0 Å². The van der Waals surface area contributed by atoms with Crippen molar-refractivity contribution in [2.24, 2.45) is 0 Å². The molecule has 0 aromatic carbocycles. The molecule has 1 rings (SSSR count). The molecule has 0 fully saturated rings. The first-order valence-corrected chi connectivity index (χ1v) is 6.29. The Labute approximate surface area is 99.5 Å². The maximum Gasteiger partial charge on any atom is 0.0379 e. The molecular formula is C14H24N2. The number of pyridine rings is 1. The Hall–Kier alpha value is -0.890. The fourth-order valence-corrected chi connectivity index (χ4v) is 2.14. The van der Waals surface area contributed by atoms with Crippen molar-refractivity contribution in [3.8, 4) is 0 Å². The van der Waals surface area contributed by atoms with Gasteiger partial charge in [-0.05, 0) is 45.0 Å². The fourth-order valence-electron chi connectivity index (χ4n) is 2.14. The van der Waals surface area contributed by atoms with Gasteiger partial charge in [-0.25, -0.2) is 0 Å². The highest BCUT2D eigenvalue weighted by molar-refractivity contribution is 5.23. The molecule has 1 aromatic heterocycles. The number of nitrogens with one attached hydrogen (secondary N) is 1. The highest BCUT2D eigenvalue weighted by Gasteiger charge is 2.09. The van der Waals surface area contributed by atoms with E-state index in [1.165, 1.54) is 31.2 Å². The summed E-state index contributed by atoms with van der Waals surface area (Å²) in [6.45, 7) is 6.37. The lowest BCUT2D eigenvalue weighted by atomic mass is 10.00. The number of nitrogens with zero attached hydrogens (tertiary/aromatic N) is 1. The summed E-state index contributed by atoms with van der Waals surface area (Å²) >= 11 is 0. The van der Waals surface area contributed by atoms with Gasteiger partial charge in [-0.3, -0.25) is 4.98 Å². The summed E-state index contributed by atoms with van der Waals surface area (Å²) in [7, 11) is 2.04. The minimum Gasteiger partial charge on any atom is -0.313 e. The van der Waals surface area contributed by atoms with Crippen LogP contribution in [0.5, 0.6) is 0 Å². The Balaban J connectivity index is 2.70. The van der Waals surface area contributed by atoms with Crippen molar-refractivity contribution in [3.05, 3.63) is 29.1 Å². The van der Waals surface area contributed by atoms with E-state index in [1.807, 2.05) is 7.05 Å². The van der Waals surface area contributed by atoms with Crippen LogP contribution in [0.3, 0.4) is 0 Å². The maximum absolute atomic E-state index is 4.42. The average molecular weight is 220 g/mol. The van der Waals surface area contributed by atoms with E-state index in [0.29, 0.717) is 6.04 Å². The molecule has 0 spiro atoms. The quantitative estimate of drug-likeness (QED) is 0.742. The van der Waals surface area contributed by atoms with E-state index in [-0.39, 0.29) is 0 Å². The standard InChI is InChI=1S/C14H24N2/c1-5-6-7-8-14(15-4)13-9-11(2)16-12(3)10-13/h9-10,14-15H,5-8H2,1-4H3. The lowest BCUT2D eigenvalue weighted by Gasteiger charge is -2.17. The van der Waals surface area contributed by atoms with Crippen molar-refractivity contribution in [2.75, 3.05) is 7.05 Å². The first-order chi connectivity index (χ1) is 7.67. The molecule has 0 saturated heterocycles. The molecule has 0 aliphatic rings. The largest absolute Gasteiger partial charge is 0.313 e. The first kappa shape index (κ1) is 13.2. The smallest absolute Gasteiger partial charge is 0.0379 e. The topological polar surface area (TPSA) is 24.9 Å². The van der Waals surface area contributed by atoms with E-state index < -0.39 is 0 Å². The monoisotopic (exact) mass is 220 g/mol. The van der Waals surface area contributed by atoms with Gasteiger partial charge in [0.2, 0.25) is 0 Å². The number of aryl methyl sites for hydroxylation is 2. The second-order valence-electron chi connectivity index (χ2n) is 4.52. The Morgan fingerprint density at radius 2 is 1.81 bits per heavy atom. The summed E-state index contributed by atoms with van der Waals surface area (Å²) in [6, 6.07) is 4.87. The van der Waals surface area contributed by atoms with Crippen LogP contribution in [0.2, 0.25) is 0 Å². The molecule has 0 amide bonds. The van der Waals surface area contributed by atoms with Crippen LogP contribution in [0.15, 0.2) is 12.1 Å². The van der Waals surface area contributed by atoms with Gasteiger partial charge < -0.3 is 5.32 Å². The molecule has 0 saturated carbocycles. The molecule has 1 atom stereocenters. The van der Waals surface area contributed by atoms with Gasteiger partial charge >= 0.3 is 0 Å². The zero-order chi connectivity index (χ0) is 12.0. The Morgan fingerprint density at radius 1 is 1.19 bits per heavy atom. The molecule has 2 heteroatoms. The van der Waals surface area contributed by atoms with E-state index in [9.17, 15) is 0 Å². The third-order valence-electron chi connectivity index (χ3n) is 2.95. The van der Waals surface area contributed by atoms with Crippen LogP contribution >= 0.6 is 0 Å². The van der Waals surface area contributed by atoms with E-state index in [1.54, 1.807) is 0 Å². The van der Waals surface area contributed by atoms with E-state index >= 15 is 0 Å². The van der Waals surface area contributed by atoms with Crippen molar-refractivity contribution < 1.29 is 0 Å². The van der Waals surface area contributed by atoms with Crippen LogP contribution in [-0.2, 0) is 0 Å². The van der Waals surface area contributed by atoms with Gasteiger partial charge in [0, 0.05) is 17.4 Å². The average Bonchev–Trinajstić information content (AvgIpc) is 2.23. The third-order valence-corrected chi connectivity index (χ3v) is 2.95. The number of unbranched alkanes of at least 4 members (excludes halogenated alkanes) is 2. The summed E-state index contributed by atoms with van der Waals surface area (Å²) < 4.78 is 0. The SMILES string of the molecule is CCCCCC(NC)c1cc(C)nc(C)c1. The molecule has 1 unspecified atom stereocenters. The minimum absolute atomic E-state index is 0.479. The second kappa shape index (κ2) is 6.64. The van der Waals surface area contributed by atoms with Gasteiger partial charge in [-0.1, -0.05) is 26.2 Å². The van der Waals surface area contributed by atoms with Crippen LogP contribution in [0.1, 0.15) is 55.6 Å². The zero-order valence-electron chi connectivity index (χ0n) is 11.0. The molecule has 0 aliphatic carbocycles. The Bertz CT molecular complexity index is 300. The molecule has 0 aliphatic heterocycles. The van der Waals surface area contributed by atoms with E-state index in [2.05, 4.69) is 43.2 Å². The minimum atomic E-state index is 0.479. The summed E-state index contributed by atoms with van der Waals surface area (Å²) in [5, 5.41) is 3.40.